The molecular weight excluding hydrogens is 284 g/mol. The molecule has 0 saturated carbocycles. The highest BCUT2D eigenvalue weighted by atomic mass is 16.5. The van der Waals surface area contributed by atoms with E-state index >= 15 is 0 Å². The van der Waals surface area contributed by atoms with Crippen LogP contribution in [-0.4, -0.2) is 34.7 Å². The van der Waals surface area contributed by atoms with Gasteiger partial charge in [0.05, 0.1) is 26.1 Å². The van der Waals surface area contributed by atoms with Gasteiger partial charge in [0.1, 0.15) is 17.2 Å². The lowest BCUT2D eigenvalue weighted by molar-refractivity contribution is 0.101. The van der Waals surface area contributed by atoms with Gasteiger partial charge in [0, 0.05) is 18.3 Å². The minimum absolute atomic E-state index is 0.317. The Hall–Kier alpha value is -3.09. The van der Waals surface area contributed by atoms with Crippen LogP contribution >= 0.6 is 0 Å². The van der Waals surface area contributed by atoms with Crippen molar-refractivity contribution in [2.75, 3.05) is 19.5 Å². The first-order valence-corrected chi connectivity index (χ1v) is 6.55. The lowest BCUT2D eigenvalue weighted by atomic mass is 10.2. The number of hydrogen-bond donors (Lipinski definition) is 1. The highest BCUT2D eigenvalue weighted by molar-refractivity contribution is 6.04. The molecule has 22 heavy (non-hydrogen) atoms. The number of rotatable bonds is 4. The minimum Gasteiger partial charge on any atom is -0.497 e. The van der Waals surface area contributed by atoms with Crippen LogP contribution in [0.4, 0.5) is 5.69 Å². The number of carbonyl (C=O) groups excluding carboxylic acids is 1. The van der Waals surface area contributed by atoms with Crippen LogP contribution in [0, 0.1) is 0 Å². The molecule has 0 fully saturated rings. The van der Waals surface area contributed by atoms with E-state index in [1.165, 1.54) is 11.6 Å². The zero-order valence-electron chi connectivity index (χ0n) is 12.1. The van der Waals surface area contributed by atoms with Gasteiger partial charge in [-0.25, -0.2) is 9.50 Å². The topological polar surface area (TPSA) is 77.8 Å². The van der Waals surface area contributed by atoms with Crippen molar-refractivity contribution < 1.29 is 14.3 Å². The third-order valence-corrected chi connectivity index (χ3v) is 3.18. The van der Waals surface area contributed by atoms with Gasteiger partial charge in [-0.2, -0.15) is 5.10 Å². The summed E-state index contributed by atoms with van der Waals surface area (Å²) >= 11 is 0. The molecule has 1 aromatic carbocycles. The number of nitrogens with one attached hydrogen (secondary N) is 1. The fourth-order valence-corrected chi connectivity index (χ4v) is 2.10. The summed E-state index contributed by atoms with van der Waals surface area (Å²) in [5.74, 6) is 0.845. The zero-order chi connectivity index (χ0) is 15.5. The molecule has 112 valence electrons. The van der Waals surface area contributed by atoms with Crippen molar-refractivity contribution in [2.24, 2.45) is 0 Å². The second kappa shape index (κ2) is 5.72. The first-order valence-electron chi connectivity index (χ1n) is 6.55. The molecule has 0 aliphatic rings. The second-order valence-corrected chi connectivity index (χ2v) is 4.45. The summed E-state index contributed by atoms with van der Waals surface area (Å²) in [5, 5.41) is 6.90. The van der Waals surface area contributed by atoms with Crippen LogP contribution in [0.25, 0.3) is 5.65 Å². The summed E-state index contributed by atoms with van der Waals surface area (Å²) in [6, 6.07) is 8.50. The maximum absolute atomic E-state index is 12.5. The summed E-state index contributed by atoms with van der Waals surface area (Å²) in [6.07, 6.45) is 3.15. The largest absolute Gasteiger partial charge is 0.497 e. The van der Waals surface area contributed by atoms with Gasteiger partial charge in [-0.3, -0.25) is 4.79 Å². The number of ether oxygens (including phenoxy) is 2. The maximum atomic E-state index is 12.5. The van der Waals surface area contributed by atoms with Crippen molar-refractivity contribution in [3.05, 3.63) is 48.4 Å². The van der Waals surface area contributed by atoms with Crippen molar-refractivity contribution in [3.63, 3.8) is 0 Å². The van der Waals surface area contributed by atoms with E-state index in [-0.39, 0.29) is 5.91 Å². The molecule has 0 aliphatic carbocycles. The van der Waals surface area contributed by atoms with E-state index in [1.807, 2.05) is 0 Å². The highest BCUT2D eigenvalue weighted by Crippen LogP contribution is 2.29. The van der Waals surface area contributed by atoms with Crippen LogP contribution in [0.3, 0.4) is 0 Å². The molecule has 3 aromatic rings. The van der Waals surface area contributed by atoms with Crippen molar-refractivity contribution in [3.8, 4) is 11.5 Å². The molecule has 1 amide bonds. The zero-order valence-corrected chi connectivity index (χ0v) is 12.1. The van der Waals surface area contributed by atoms with Crippen molar-refractivity contribution in [2.45, 2.75) is 0 Å². The summed E-state index contributed by atoms with van der Waals surface area (Å²) in [7, 11) is 3.10. The standard InChI is InChI=1S/C15H14N4O3/c1-21-10-3-4-13(22-2)11(9-10)18-15(20)12-5-7-16-14-6-8-17-19(12)14/h3-9H,1-2H3,(H,18,20). The van der Waals surface area contributed by atoms with Crippen molar-refractivity contribution >= 4 is 17.2 Å². The van der Waals surface area contributed by atoms with E-state index in [9.17, 15) is 4.79 Å². The minimum atomic E-state index is -0.317. The molecule has 7 nitrogen and oxygen atoms in total. The predicted octanol–water partition coefficient (Wildman–Crippen LogP) is 2.00. The fourth-order valence-electron chi connectivity index (χ4n) is 2.10. The Morgan fingerprint density at radius 1 is 1.14 bits per heavy atom. The summed E-state index contributed by atoms with van der Waals surface area (Å²) < 4.78 is 11.9. The average molecular weight is 298 g/mol. The van der Waals surface area contributed by atoms with E-state index in [1.54, 1.807) is 49.8 Å². The van der Waals surface area contributed by atoms with Gasteiger partial charge in [-0.15, -0.1) is 0 Å². The van der Waals surface area contributed by atoms with Crippen LogP contribution in [0.5, 0.6) is 11.5 Å². The lowest BCUT2D eigenvalue weighted by Gasteiger charge is -2.12. The molecule has 2 aromatic heterocycles. The Kier molecular flexibility index (Phi) is 3.61. The van der Waals surface area contributed by atoms with Gasteiger partial charge >= 0.3 is 0 Å². The molecule has 0 aliphatic heterocycles. The molecule has 2 heterocycles. The van der Waals surface area contributed by atoms with Crippen LogP contribution in [0.15, 0.2) is 42.7 Å². The third kappa shape index (κ3) is 2.44. The number of carbonyl (C=O) groups is 1. The molecule has 0 spiro atoms. The maximum Gasteiger partial charge on any atom is 0.274 e. The molecule has 0 atom stereocenters. The van der Waals surface area contributed by atoms with Crippen LogP contribution in [0.2, 0.25) is 0 Å². The van der Waals surface area contributed by atoms with Gasteiger partial charge in [0.25, 0.3) is 5.91 Å². The molecule has 0 bridgehead atoms. The molecule has 3 rings (SSSR count). The van der Waals surface area contributed by atoms with E-state index in [4.69, 9.17) is 9.47 Å². The second-order valence-electron chi connectivity index (χ2n) is 4.45. The Bertz CT molecular complexity index is 829. The van der Waals surface area contributed by atoms with Crippen LogP contribution in [0.1, 0.15) is 10.5 Å². The normalized spacial score (nSPS) is 10.5. The van der Waals surface area contributed by atoms with Crippen LogP contribution in [-0.2, 0) is 0 Å². The number of benzene rings is 1. The number of anilines is 1. The molecule has 0 saturated heterocycles. The van der Waals surface area contributed by atoms with E-state index < -0.39 is 0 Å². The summed E-state index contributed by atoms with van der Waals surface area (Å²) in [6.45, 7) is 0. The van der Waals surface area contributed by atoms with Crippen molar-refractivity contribution in [1.29, 1.82) is 0 Å². The van der Waals surface area contributed by atoms with Crippen LogP contribution < -0.4 is 14.8 Å². The molecular formula is C15H14N4O3. The third-order valence-electron chi connectivity index (χ3n) is 3.18. The van der Waals surface area contributed by atoms with Crippen molar-refractivity contribution in [1.82, 2.24) is 14.6 Å². The Morgan fingerprint density at radius 3 is 2.77 bits per heavy atom. The number of nitrogens with zero attached hydrogens (tertiary/aromatic N) is 3. The Balaban J connectivity index is 1.96. The predicted molar refractivity (Wildman–Crippen MR) is 80.5 cm³/mol. The van der Waals surface area contributed by atoms with E-state index in [2.05, 4.69) is 15.4 Å². The molecule has 0 unspecified atom stereocenters. The summed E-state index contributed by atoms with van der Waals surface area (Å²) in [4.78, 5) is 16.6. The van der Waals surface area contributed by atoms with Gasteiger partial charge < -0.3 is 14.8 Å². The van der Waals surface area contributed by atoms with E-state index in [0.717, 1.165) is 0 Å². The van der Waals surface area contributed by atoms with Gasteiger partial charge in [0.15, 0.2) is 5.65 Å². The molecule has 0 radical (unpaired) electrons. The number of amides is 1. The first-order chi connectivity index (χ1) is 10.7. The summed E-state index contributed by atoms with van der Waals surface area (Å²) in [5.41, 5.74) is 1.49. The Morgan fingerprint density at radius 2 is 2.00 bits per heavy atom. The molecule has 1 N–H and O–H groups in total. The van der Waals surface area contributed by atoms with Gasteiger partial charge in [-0.1, -0.05) is 0 Å². The Labute approximate surface area is 126 Å². The lowest BCUT2D eigenvalue weighted by Crippen LogP contribution is -2.17. The monoisotopic (exact) mass is 298 g/mol. The first kappa shape index (κ1) is 13.9. The number of hydrogen-bond acceptors (Lipinski definition) is 5. The van der Waals surface area contributed by atoms with Gasteiger partial charge in [0.2, 0.25) is 0 Å². The fraction of sp³-hybridized carbons (Fsp3) is 0.133. The SMILES string of the molecule is COc1ccc(OC)c(NC(=O)c2ccnc3ccnn23)c1. The number of methoxy groups -OCH3 is 2. The van der Waals surface area contributed by atoms with Gasteiger partial charge in [-0.05, 0) is 18.2 Å². The highest BCUT2D eigenvalue weighted by Gasteiger charge is 2.14. The average Bonchev–Trinajstić information content (AvgIpc) is 3.03. The molecule has 7 heteroatoms. The van der Waals surface area contributed by atoms with E-state index in [0.29, 0.717) is 28.5 Å². The smallest absolute Gasteiger partial charge is 0.274 e. The quantitative estimate of drug-likeness (QED) is 0.797. The number of fused-ring (bicyclic) bond motifs is 1. The number of aromatic nitrogens is 3.